The summed E-state index contributed by atoms with van der Waals surface area (Å²) >= 11 is 0. The van der Waals surface area contributed by atoms with E-state index in [1.807, 2.05) is 6.07 Å². The standard InChI is InChI=1S/C10H17N3O2/c1-14-7-8(15-2)5-13-10-3-4-12-6-9(10)11/h3-4,6,8H,5,7,11H2,1-2H3,(H,12,13). The SMILES string of the molecule is COCC(CNc1ccncc1N)OC. The van der Waals surface area contributed by atoms with Crippen molar-refractivity contribution in [1.82, 2.24) is 4.98 Å². The molecule has 84 valence electrons. The van der Waals surface area contributed by atoms with E-state index in [-0.39, 0.29) is 6.10 Å². The Hall–Kier alpha value is -1.33. The lowest BCUT2D eigenvalue weighted by Crippen LogP contribution is -2.26. The molecule has 1 atom stereocenters. The highest BCUT2D eigenvalue weighted by atomic mass is 16.5. The van der Waals surface area contributed by atoms with Gasteiger partial charge in [0.25, 0.3) is 0 Å². The van der Waals surface area contributed by atoms with Gasteiger partial charge < -0.3 is 20.5 Å². The fraction of sp³-hybridized carbons (Fsp3) is 0.500. The quantitative estimate of drug-likeness (QED) is 0.726. The molecule has 0 saturated carbocycles. The number of pyridine rings is 1. The van der Waals surface area contributed by atoms with Crippen LogP contribution in [0.15, 0.2) is 18.5 Å². The van der Waals surface area contributed by atoms with Gasteiger partial charge in [-0.2, -0.15) is 0 Å². The Morgan fingerprint density at radius 3 is 2.93 bits per heavy atom. The van der Waals surface area contributed by atoms with E-state index >= 15 is 0 Å². The number of nitrogens with one attached hydrogen (secondary N) is 1. The van der Waals surface area contributed by atoms with E-state index in [1.54, 1.807) is 26.6 Å². The number of rotatable bonds is 6. The number of nitrogens with two attached hydrogens (primary N) is 1. The monoisotopic (exact) mass is 211 g/mol. The van der Waals surface area contributed by atoms with E-state index in [0.29, 0.717) is 18.8 Å². The van der Waals surface area contributed by atoms with Gasteiger partial charge in [0.1, 0.15) is 0 Å². The van der Waals surface area contributed by atoms with Crippen molar-refractivity contribution in [2.45, 2.75) is 6.10 Å². The normalized spacial score (nSPS) is 12.4. The molecule has 0 bridgehead atoms. The molecule has 1 unspecified atom stereocenters. The third kappa shape index (κ3) is 3.73. The summed E-state index contributed by atoms with van der Waals surface area (Å²) in [5.74, 6) is 0. The van der Waals surface area contributed by atoms with Crippen LogP contribution in [0, 0.1) is 0 Å². The predicted molar refractivity (Wildman–Crippen MR) is 59.8 cm³/mol. The average Bonchev–Trinajstić information content (AvgIpc) is 2.26. The maximum absolute atomic E-state index is 5.73. The topological polar surface area (TPSA) is 69.4 Å². The molecule has 5 heteroatoms. The Morgan fingerprint density at radius 2 is 2.33 bits per heavy atom. The van der Waals surface area contributed by atoms with Crippen LogP contribution in [0.4, 0.5) is 11.4 Å². The number of ether oxygens (including phenoxy) is 2. The third-order valence-electron chi connectivity index (χ3n) is 2.06. The van der Waals surface area contributed by atoms with E-state index in [9.17, 15) is 0 Å². The first-order chi connectivity index (χ1) is 7.27. The van der Waals surface area contributed by atoms with Crippen molar-refractivity contribution in [3.63, 3.8) is 0 Å². The molecule has 0 fully saturated rings. The highest BCUT2D eigenvalue weighted by Gasteiger charge is 2.06. The molecule has 1 rings (SSSR count). The summed E-state index contributed by atoms with van der Waals surface area (Å²) in [7, 11) is 3.30. The summed E-state index contributed by atoms with van der Waals surface area (Å²) in [6.07, 6.45) is 3.32. The maximum Gasteiger partial charge on any atom is 0.0976 e. The van der Waals surface area contributed by atoms with Gasteiger partial charge in [-0.15, -0.1) is 0 Å². The molecule has 0 amide bonds. The van der Waals surface area contributed by atoms with Crippen molar-refractivity contribution < 1.29 is 9.47 Å². The molecule has 0 aliphatic rings. The van der Waals surface area contributed by atoms with Gasteiger partial charge in [-0.3, -0.25) is 4.98 Å². The fourth-order valence-electron chi connectivity index (χ4n) is 1.19. The first-order valence-corrected chi connectivity index (χ1v) is 4.73. The number of nitrogen functional groups attached to an aromatic ring is 1. The summed E-state index contributed by atoms with van der Waals surface area (Å²) < 4.78 is 10.2. The van der Waals surface area contributed by atoms with Gasteiger partial charge >= 0.3 is 0 Å². The van der Waals surface area contributed by atoms with Crippen LogP contribution >= 0.6 is 0 Å². The minimum absolute atomic E-state index is 0.0163. The van der Waals surface area contributed by atoms with Crippen LogP contribution in [-0.4, -0.2) is 38.5 Å². The summed E-state index contributed by atoms with van der Waals surface area (Å²) in [4.78, 5) is 3.91. The zero-order valence-corrected chi connectivity index (χ0v) is 9.06. The van der Waals surface area contributed by atoms with Crippen LogP contribution in [0.2, 0.25) is 0 Å². The lowest BCUT2D eigenvalue weighted by atomic mass is 10.3. The van der Waals surface area contributed by atoms with Crippen LogP contribution in [0.5, 0.6) is 0 Å². The smallest absolute Gasteiger partial charge is 0.0976 e. The fourth-order valence-corrected chi connectivity index (χ4v) is 1.19. The maximum atomic E-state index is 5.73. The van der Waals surface area contributed by atoms with Gasteiger partial charge in [-0.1, -0.05) is 0 Å². The van der Waals surface area contributed by atoms with Crippen LogP contribution in [-0.2, 0) is 9.47 Å². The summed E-state index contributed by atoms with van der Waals surface area (Å²) in [5, 5.41) is 3.18. The van der Waals surface area contributed by atoms with Crippen LogP contribution in [0.25, 0.3) is 0 Å². The van der Waals surface area contributed by atoms with Crippen molar-refractivity contribution in [2.24, 2.45) is 0 Å². The second-order valence-corrected chi connectivity index (χ2v) is 3.16. The Bertz CT molecular complexity index is 294. The van der Waals surface area contributed by atoms with Crippen LogP contribution in [0.3, 0.4) is 0 Å². The Morgan fingerprint density at radius 1 is 1.53 bits per heavy atom. The van der Waals surface area contributed by atoms with Crippen molar-refractivity contribution in [3.8, 4) is 0 Å². The Labute approximate surface area is 89.6 Å². The number of methoxy groups -OCH3 is 2. The van der Waals surface area contributed by atoms with E-state index in [4.69, 9.17) is 15.2 Å². The second kappa shape index (κ2) is 6.21. The molecule has 1 heterocycles. The van der Waals surface area contributed by atoms with Gasteiger partial charge in [-0.05, 0) is 6.07 Å². The van der Waals surface area contributed by atoms with Crippen molar-refractivity contribution in [2.75, 3.05) is 38.4 Å². The summed E-state index contributed by atoms with van der Waals surface area (Å²) in [5.41, 5.74) is 7.22. The number of hydrogen-bond donors (Lipinski definition) is 2. The van der Waals surface area contributed by atoms with Gasteiger partial charge in [-0.25, -0.2) is 0 Å². The molecule has 0 radical (unpaired) electrons. The van der Waals surface area contributed by atoms with Crippen molar-refractivity contribution in [1.29, 1.82) is 0 Å². The van der Waals surface area contributed by atoms with E-state index in [0.717, 1.165) is 5.69 Å². The lowest BCUT2D eigenvalue weighted by Gasteiger charge is -2.16. The molecule has 1 aromatic rings. The number of hydrogen-bond acceptors (Lipinski definition) is 5. The molecular weight excluding hydrogens is 194 g/mol. The Kier molecular flexibility index (Phi) is 4.86. The predicted octanol–water partition coefficient (Wildman–Crippen LogP) is 0.737. The molecule has 5 nitrogen and oxygen atoms in total. The van der Waals surface area contributed by atoms with Gasteiger partial charge in [0, 0.05) is 27.0 Å². The summed E-state index contributed by atoms with van der Waals surface area (Å²) in [6, 6.07) is 1.83. The highest BCUT2D eigenvalue weighted by molar-refractivity contribution is 5.64. The third-order valence-corrected chi connectivity index (χ3v) is 2.06. The molecule has 0 spiro atoms. The molecule has 1 aromatic heterocycles. The summed E-state index contributed by atoms with van der Waals surface area (Å²) in [6.45, 7) is 1.20. The molecule has 3 N–H and O–H groups in total. The van der Waals surface area contributed by atoms with Crippen LogP contribution < -0.4 is 11.1 Å². The van der Waals surface area contributed by atoms with Crippen molar-refractivity contribution >= 4 is 11.4 Å². The minimum atomic E-state index is 0.0163. The lowest BCUT2D eigenvalue weighted by molar-refractivity contribution is 0.0366. The first-order valence-electron chi connectivity index (χ1n) is 4.73. The highest BCUT2D eigenvalue weighted by Crippen LogP contribution is 2.14. The van der Waals surface area contributed by atoms with Crippen LogP contribution in [0.1, 0.15) is 0 Å². The number of anilines is 2. The minimum Gasteiger partial charge on any atom is -0.396 e. The van der Waals surface area contributed by atoms with Crippen molar-refractivity contribution in [3.05, 3.63) is 18.5 Å². The molecule has 15 heavy (non-hydrogen) atoms. The second-order valence-electron chi connectivity index (χ2n) is 3.16. The average molecular weight is 211 g/mol. The van der Waals surface area contributed by atoms with Gasteiger partial charge in [0.15, 0.2) is 0 Å². The molecular formula is C10H17N3O2. The largest absolute Gasteiger partial charge is 0.396 e. The molecule has 0 aromatic carbocycles. The van der Waals surface area contributed by atoms with E-state index in [1.165, 1.54) is 0 Å². The molecule has 0 saturated heterocycles. The zero-order valence-electron chi connectivity index (χ0n) is 9.06. The molecule has 0 aliphatic heterocycles. The first kappa shape index (κ1) is 11.7. The zero-order chi connectivity index (χ0) is 11.1. The molecule has 0 aliphatic carbocycles. The van der Waals surface area contributed by atoms with E-state index < -0.39 is 0 Å². The van der Waals surface area contributed by atoms with Gasteiger partial charge in [0.05, 0.1) is 30.3 Å². The Balaban J connectivity index is 2.45. The van der Waals surface area contributed by atoms with Gasteiger partial charge in [0.2, 0.25) is 0 Å². The number of nitrogens with zero attached hydrogens (tertiary/aromatic N) is 1. The number of aromatic nitrogens is 1. The van der Waals surface area contributed by atoms with E-state index in [2.05, 4.69) is 10.3 Å².